The number of methoxy groups -OCH3 is 2. The molecule has 0 saturated carbocycles. The molecule has 2 rings (SSSR count). The summed E-state index contributed by atoms with van der Waals surface area (Å²) in [7, 11) is 3.21. The molecule has 1 N–H and O–H groups in total. The molecule has 0 aromatic heterocycles. The van der Waals surface area contributed by atoms with Crippen LogP contribution in [0.2, 0.25) is 0 Å². The van der Waals surface area contributed by atoms with Crippen molar-refractivity contribution in [2.45, 2.75) is 32.2 Å². The lowest BCUT2D eigenvalue weighted by atomic mass is 10.1. The van der Waals surface area contributed by atoms with E-state index in [9.17, 15) is 24.4 Å². The summed E-state index contributed by atoms with van der Waals surface area (Å²) < 4.78 is 23.2. The first-order chi connectivity index (χ1) is 11.8. The third-order valence-electron chi connectivity index (χ3n) is 3.89. The average molecular weight is 358 g/mol. The summed E-state index contributed by atoms with van der Waals surface area (Å²) in [5, 5.41) is 20.1. The summed E-state index contributed by atoms with van der Waals surface area (Å²) >= 11 is 0. The average Bonchev–Trinajstić information content (AvgIpc) is 2.62. The molecular weight excluding hydrogens is 335 g/mol. The maximum absolute atomic E-state index is 13.9. The van der Waals surface area contributed by atoms with Gasteiger partial charge in [-0.3, -0.25) is 14.9 Å². The van der Waals surface area contributed by atoms with Crippen LogP contribution in [0, 0.1) is 15.9 Å². The van der Waals surface area contributed by atoms with E-state index in [1.54, 1.807) is 19.1 Å². The van der Waals surface area contributed by atoms with Crippen molar-refractivity contribution in [1.82, 2.24) is 0 Å². The molecular formula is C16H23FN2O6. The van der Waals surface area contributed by atoms with E-state index in [2.05, 4.69) is 9.47 Å². The van der Waals surface area contributed by atoms with Crippen molar-refractivity contribution in [2.75, 3.05) is 32.2 Å². The molecule has 1 aromatic carbocycles. The van der Waals surface area contributed by atoms with Crippen LogP contribution in [-0.2, 0) is 9.47 Å². The summed E-state index contributed by atoms with van der Waals surface area (Å²) in [6, 6.07) is 1.96. The fraction of sp³-hybridized carbons (Fsp3) is 0.562. The molecule has 0 amide bonds. The van der Waals surface area contributed by atoms with E-state index >= 15 is 0 Å². The smallest absolute Gasteiger partial charge is 0.282 e. The monoisotopic (exact) mass is 358 g/mol. The number of nitro groups is 1. The molecule has 1 aromatic rings. The molecule has 0 unspecified atom stereocenters. The first kappa shape index (κ1) is 20.9. The van der Waals surface area contributed by atoms with Gasteiger partial charge in [0.05, 0.1) is 28.3 Å². The lowest BCUT2D eigenvalue weighted by Crippen LogP contribution is -2.36. The van der Waals surface area contributed by atoms with Crippen LogP contribution in [0.5, 0.6) is 0 Å². The number of ether oxygens (including phenoxy) is 2. The van der Waals surface area contributed by atoms with Gasteiger partial charge in [0, 0.05) is 27.3 Å². The molecule has 0 atom stereocenters. The normalized spacial score (nSPS) is 14.9. The van der Waals surface area contributed by atoms with Gasteiger partial charge in [0.15, 0.2) is 18.4 Å². The van der Waals surface area contributed by atoms with E-state index in [-0.39, 0.29) is 17.5 Å². The fourth-order valence-electron chi connectivity index (χ4n) is 2.27. The molecule has 9 heteroatoms. The van der Waals surface area contributed by atoms with Crippen molar-refractivity contribution in [3.63, 3.8) is 0 Å². The standard InChI is InChI=1S/C12H13FN2O4.C4H10O2/c13-10-6-11(15(18)19)8(7-16)5-12(10)14-3-1-9(17)2-4-14;1-4(5-2)6-3/h5-7,9,17H,1-4H2;4H,1-3H3. The van der Waals surface area contributed by atoms with Crippen molar-refractivity contribution < 1.29 is 28.7 Å². The maximum Gasteiger partial charge on any atom is 0.282 e. The summed E-state index contributed by atoms with van der Waals surface area (Å²) in [5.74, 6) is -0.728. The lowest BCUT2D eigenvalue weighted by Gasteiger charge is -2.31. The van der Waals surface area contributed by atoms with Crippen LogP contribution in [0.1, 0.15) is 30.1 Å². The third-order valence-corrected chi connectivity index (χ3v) is 3.89. The van der Waals surface area contributed by atoms with E-state index in [1.807, 2.05) is 6.92 Å². The molecule has 1 saturated heterocycles. The second-order valence-corrected chi connectivity index (χ2v) is 5.49. The van der Waals surface area contributed by atoms with Crippen molar-refractivity contribution in [2.24, 2.45) is 0 Å². The molecule has 1 heterocycles. The molecule has 140 valence electrons. The van der Waals surface area contributed by atoms with Gasteiger partial charge in [-0.25, -0.2) is 4.39 Å². The van der Waals surface area contributed by atoms with Crippen LogP contribution < -0.4 is 4.90 Å². The zero-order chi connectivity index (χ0) is 19.0. The minimum atomic E-state index is -0.781. The van der Waals surface area contributed by atoms with Gasteiger partial charge in [0.25, 0.3) is 5.69 Å². The highest BCUT2D eigenvalue weighted by molar-refractivity contribution is 5.83. The number of anilines is 1. The quantitative estimate of drug-likeness (QED) is 0.372. The Kier molecular flexibility index (Phi) is 8.39. The van der Waals surface area contributed by atoms with Gasteiger partial charge in [0.2, 0.25) is 0 Å². The number of nitrogens with zero attached hydrogens (tertiary/aromatic N) is 2. The number of halogens is 1. The molecule has 8 nitrogen and oxygen atoms in total. The first-order valence-corrected chi connectivity index (χ1v) is 7.75. The number of aliphatic hydroxyl groups excluding tert-OH is 1. The topological polar surface area (TPSA) is 102 Å². The minimum absolute atomic E-state index is 0.0648. The molecule has 25 heavy (non-hydrogen) atoms. The molecule has 0 aliphatic carbocycles. The number of aldehydes is 1. The zero-order valence-corrected chi connectivity index (χ0v) is 14.5. The summed E-state index contributed by atoms with van der Waals surface area (Å²) in [6.45, 7) is 2.74. The van der Waals surface area contributed by atoms with Crippen LogP contribution in [0.15, 0.2) is 12.1 Å². The third kappa shape index (κ3) is 6.04. The Bertz CT molecular complexity index is 586. The van der Waals surface area contributed by atoms with Gasteiger partial charge in [-0.05, 0) is 25.8 Å². The van der Waals surface area contributed by atoms with Crippen LogP contribution in [-0.4, -0.2) is 56.0 Å². The number of carbonyl (C=O) groups is 1. The zero-order valence-electron chi connectivity index (χ0n) is 14.5. The Hall–Kier alpha value is -2.10. The van der Waals surface area contributed by atoms with E-state index < -0.39 is 22.5 Å². The molecule has 1 aliphatic heterocycles. The predicted octanol–water partition coefficient (Wildman–Crippen LogP) is 2.13. The molecule has 0 bridgehead atoms. The number of benzene rings is 1. The van der Waals surface area contributed by atoms with E-state index in [0.29, 0.717) is 32.2 Å². The van der Waals surface area contributed by atoms with Gasteiger partial charge in [-0.1, -0.05) is 0 Å². The number of aliphatic hydroxyl groups is 1. The molecule has 1 aliphatic rings. The Morgan fingerprint density at radius 3 is 2.32 bits per heavy atom. The Balaban J connectivity index is 0.000000450. The van der Waals surface area contributed by atoms with Crippen molar-refractivity contribution >= 4 is 17.7 Å². The Morgan fingerprint density at radius 1 is 1.36 bits per heavy atom. The van der Waals surface area contributed by atoms with Gasteiger partial charge >= 0.3 is 0 Å². The van der Waals surface area contributed by atoms with Gasteiger partial charge < -0.3 is 19.5 Å². The number of hydrogen-bond donors (Lipinski definition) is 1. The highest BCUT2D eigenvalue weighted by Crippen LogP contribution is 2.29. The highest BCUT2D eigenvalue weighted by Gasteiger charge is 2.24. The van der Waals surface area contributed by atoms with Crippen LogP contribution in [0.25, 0.3) is 0 Å². The highest BCUT2D eigenvalue weighted by atomic mass is 19.1. The SMILES string of the molecule is COC(C)OC.O=Cc1cc(N2CCC(O)CC2)c(F)cc1[N+](=O)[O-]. The van der Waals surface area contributed by atoms with E-state index in [1.165, 1.54) is 6.07 Å². The Morgan fingerprint density at radius 2 is 1.92 bits per heavy atom. The van der Waals surface area contributed by atoms with Crippen LogP contribution >= 0.6 is 0 Å². The van der Waals surface area contributed by atoms with Crippen molar-refractivity contribution in [1.29, 1.82) is 0 Å². The van der Waals surface area contributed by atoms with E-state index in [4.69, 9.17) is 0 Å². The van der Waals surface area contributed by atoms with Gasteiger partial charge in [-0.15, -0.1) is 0 Å². The predicted molar refractivity (Wildman–Crippen MR) is 89.4 cm³/mol. The number of piperidine rings is 1. The van der Waals surface area contributed by atoms with Crippen molar-refractivity contribution in [3.8, 4) is 0 Å². The second-order valence-electron chi connectivity index (χ2n) is 5.49. The lowest BCUT2D eigenvalue weighted by molar-refractivity contribution is -0.385. The summed E-state index contributed by atoms with van der Waals surface area (Å²) in [5.41, 5.74) is -0.514. The maximum atomic E-state index is 13.9. The van der Waals surface area contributed by atoms with Gasteiger partial charge in [0.1, 0.15) is 0 Å². The number of rotatable bonds is 5. The van der Waals surface area contributed by atoms with Crippen LogP contribution in [0.3, 0.4) is 0 Å². The first-order valence-electron chi connectivity index (χ1n) is 7.75. The summed E-state index contributed by atoms with van der Waals surface area (Å²) in [4.78, 5) is 22.4. The molecule has 0 spiro atoms. The Labute approximate surface area is 145 Å². The number of hydrogen-bond acceptors (Lipinski definition) is 7. The van der Waals surface area contributed by atoms with Gasteiger partial charge in [-0.2, -0.15) is 0 Å². The van der Waals surface area contributed by atoms with E-state index in [0.717, 1.165) is 6.07 Å². The number of nitro benzene ring substituents is 1. The second kappa shape index (κ2) is 10.0. The summed E-state index contributed by atoms with van der Waals surface area (Å²) in [6.07, 6.45) is 0.896. The number of carbonyl (C=O) groups excluding carboxylic acids is 1. The van der Waals surface area contributed by atoms with Crippen LogP contribution in [0.4, 0.5) is 15.8 Å². The minimum Gasteiger partial charge on any atom is -0.393 e. The van der Waals surface area contributed by atoms with Crippen molar-refractivity contribution in [3.05, 3.63) is 33.6 Å². The molecule has 1 fully saturated rings. The fourth-order valence-corrected chi connectivity index (χ4v) is 2.27. The largest absolute Gasteiger partial charge is 0.393 e. The molecule has 0 radical (unpaired) electrons.